The molecule has 0 atom stereocenters. The molecular weight excluding hydrogens is 340 g/mol. The molecule has 0 unspecified atom stereocenters. The summed E-state index contributed by atoms with van der Waals surface area (Å²) in [5.41, 5.74) is 1.82. The van der Waals surface area contributed by atoms with Gasteiger partial charge in [-0.15, -0.1) is 0 Å². The normalized spacial score (nSPS) is 14.5. The van der Waals surface area contributed by atoms with Gasteiger partial charge in [-0.2, -0.15) is 5.26 Å². The van der Waals surface area contributed by atoms with E-state index in [-0.39, 0.29) is 17.9 Å². The van der Waals surface area contributed by atoms with E-state index in [1.807, 2.05) is 25.1 Å². The number of hydrogen-bond acceptors (Lipinski definition) is 4. The van der Waals surface area contributed by atoms with Crippen molar-refractivity contribution >= 4 is 5.91 Å². The Labute approximate surface area is 159 Å². The third kappa shape index (κ3) is 4.40. The van der Waals surface area contributed by atoms with Gasteiger partial charge in [0.1, 0.15) is 0 Å². The van der Waals surface area contributed by atoms with Crippen LogP contribution in [0.3, 0.4) is 0 Å². The van der Waals surface area contributed by atoms with Crippen molar-refractivity contribution in [1.82, 2.24) is 5.32 Å². The molecule has 0 heterocycles. The number of benzene rings is 2. The standard InChI is InChI=1S/C22H24N2O3/c1-2-26-20-13-17(14-23)9-10-19(20)27-15-21(25)24-16-22(11-6-12-22)18-7-4-3-5-8-18/h3-5,7-10,13H,2,6,11-12,15-16H2,1H3,(H,24,25). The third-order valence-electron chi connectivity index (χ3n) is 5.05. The van der Waals surface area contributed by atoms with Crippen molar-refractivity contribution in [1.29, 1.82) is 5.26 Å². The van der Waals surface area contributed by atoms with Crippen LogP contribution < -0.4 is 14.8 Å². The van der Waals surface area contributed by atoms with Gasteiger partial charge in [-0.1, -0.05) is 36.8 Å². The predicted molar refractivity (Wildman–Crippen MR) is 103 cm³/mol. The molecule has 140 valence electrons. The van der Waals surface area contributed by atoms with Crippen LogP contribution in [0.2, 0.25) is 0 Å². The lowest BCUT2D eigenvalue weighted by molar-refractivity contribution is -0.123. The predicted octanol–water partition coefficient (Wildman–Crippen LogP) is 3.57. The molecule has 1 aliphatic rings. The molecule has 2 aromatic rings. The van der Waals surface area contributed by atoms with Crippen molar-refractivity contribution in [3.8, 4) is 17.6 Å². The quantitative estimate of drug-likeness (QED) is 0.777. The van der Waals surface area contributed by atoms with Crippen LogP contribution in [0, 0.1) is 11.3 Å². The van der Waals surface area contributed by atoms with Crippen molar-refractivity contribution in [2.75, 3.05) is 19.8 Å². The lowest BCUT2D eigenvalue weighted by atomic mass is 9.64. The third-order valence-corrected chi connectivity index (χ3v) is 5.05. The van der Waals surface area contributed by atoms with Crippen molar-refractivity contribution in [2.24, 2.45) is 0 Å². The number of amides is 1. The summed E-state index contributed by atoms with van der Waals surface area (Å²) in [4.78, 5) is 12.3. The molecule has 0 aromatic heterocycles. The maximum Gasteiger partial charge on any atom is 0.257 e. The Bertz CT molecular complexity index is 823. The van der Waals surface area contributed by atoms with E-state index >= 15 is 0 Å². The van der Waals surface area contributed by atoms with E-state index in [2.05, 4.69) is 23.5 Å². The Hall–Kier alpha value is -3.00. The summed E-state index contributed by atoms with van der Waals surface area (Å²) in [5, 5.41) is 12.0. The molecular formula is C22H24N2O3. The first-order valence-corrected chi connectivity index (χ1v) is 9.29. The summed E-state index contributed by atoms with van der Waals surface area (Å²) >= 11 is 0. The minimum absolute atomic E-state index is 0.0435. The highest BCUT2D eigenvalue weighted by molar-refractivity contribution is 5.77. The van der Waals surface area contributed by atoms with E-state index in [4.69, 9.17) is 14.7 Å². The highest BCUT2D eigenvalue weighted by Gasteiger charge is 2.38. The fraction of sp³-hybridized carbons (Fsp3) is 0.364. The first-order valence-electron chi connectivity index (χ1n) is 9.29. The first kappa shape index (κ1) is 18.8. The van der Waals surface area contributed by atoms with Gasteiger partial charge in [-0.05, 0) is 37.5 Å². The van der Waals surface area contributed by atoms with Crippen LogP contribution in [-0.4, -0.2) is 25.7 Å². The number of carbonyl (C=O) groups is 1. The van der Waals surface area contributed by atoms with E-state index in [9.17, 15) is 4.79 Å². The molecule has 5 heteroatoms. The van der Waals surface area contributed by atoms with Gasteiger partial charge < -0.3 is 14.8 Å². The summed E-state index contributed by atoms with van der Waals surface area (Å²) < 4.78 is 11.1. The molecule has 27 heavy (non-hydrogen) atoms. The maximum atomic E-state index is 12.3. The first-order chi connectivity index (χ1) is 13.2. The van der Waals surface area contributed by atoms with Gasteiger partial charge in [-0.3, -0.25) is 4.79 Å². The minimum Gasteiger partial charge on any atom is -0.490 e. The summed E-state index contributed by atoms with van der Waals surface area (Å²) in [5.74, 6) is 0.778. The second kappa shape index (κ2) is 8.59. The maximum absolute atomic E-state index is 12.3. The number of carbonyl (C=O) groups excluding carboxylic acids is 1. The zero-order chi connectivity index (χ0) is 19.1. The lowest BCUT2D eigenvalue weighted by Gasteiger charge is -2.42. The Morgan fingerprint density at radius 1 is 1.15 bits per heavy atom. The molecule has 2 aromatic carbocycles. The Balaban J connectivity index is 1.57. The van der Waals surface area contributed by atoms with Gasteiger partial charge in [0, 0.05) is 18.0 Å². The van der Waals surface area contributed by atoms with Gasteiger partial charge >= 0.3 is 0 Å². The number of hydrogen-bond donors (Lipinski definition) is 1. The van der Waals surface area contributed by atoms with Crippen LogP contribution in [0.25, 0.3) is 0 Å². The SMILES string of the molecule is CCOc1cc(C#N)ccc1OCC(=O)NCC1(c2ccccc2)CCC1. The topological polar surface area (TPSA) is 71.3 Å². The summed E-state index contributed by atoms with van der Waals surface area (Å²) in [6.07, 6.45) is 3.36. The van der Waals surface area contributed by atoms with Crippen LogP contribution in [0.15, 0.2) is 48.5 Å². The van der Waals surface area contributed by atoms with E-state index in [1.165, 1.54) is 12.0 Å². The number of nitrogens with zero attached hydrogens (tertiary/aromatic N) is 1. The average molecular weight is 364 g/mol. The monoisotopic (exact) mass is 364 g/mol. The van der Waals surface area contributed by atoms with Crippen LogP contribution in [-0.2, 0) is 10.2 Å². The Morgan fingerprint density at radius 2 is 1.93 bits per heavy atom. The number of nitrogens with one attached hydrogen (secondary N) is 1. The van der Waals surface area contributed by atoms with Crippen LogP contribution in [0.1, 0.15) is 37.3 Å². The van der Waals surface area contributed by atoms with E-state index < -0.39 is 0 Å². The second-order valence-electron chi connectivity index (χ2n) is 6.77. The summed E-state index contributed by atoms with van der Waals surface area (Å²) in [7, 11) is 0. The highest BCUT2D eigenvalue weighted by Crippen LogP contribution is 2.43. The number of rotatable bonds is 8. The average Bonchev–Trinajstić information content (AvgIpc) is 2.67. The summed E-state index contributed by atoms with van der Waals surface area (Å²) in [6.45, 7) is 2.84. The molecule has 0 radical (unpaired) electrons. The summed E-state index contributed by atoms with van der Waals surface area (Å²) in [6, 6.07) is 17.4. The van der Waals surface area contributed by atoms with Gasteiger partial charge in [0.25, 0.3) is 5.91 Å². The van der Waals surface area contributed by atoms with Crippen LogP contribution >= 0.6 is 0 Å². The van der Waals surface area contributed by atoms with Crippen LogP contribution in [0.4, 0.5) is 0 Å². The molecule has 1 amide bonds. The van der Waals surface area contributed by atoms with Crippen molar-refractivity contribution in [3.05, 3.63) is 59.7 Å². The van der Waals surface area contributed by atoms with Crippen molar-refractivity contribution in [3.63, 3.8) is 0 Å². The lowest BCUT2D eigenvalue weighted by Crippen LogP contribution is -2.46. The minimum atomic E-state index is -0.163. The molecule has 0 aliphatic heterocycles. The van der Waals surface area contributed by atoms with E-state index in [1.54, 1.807) is 18.2 Å². The number of nitriles is 1. The van der Waals surface area contributed by atoms with E-state index in [0.29, 0.717) is 30.2 Å². The Kier molecular flexibility index (Phi) is 5.97. The molecule has 1 fully saturated rings. The highest BCUT2D eigenvalue weighted by atomic mass is 16.5. The van der Waals surface area contributed by atoms with Gasteiger partial charge in [-0.25, -0.2) is 0 Å². The molecule has 1 N–H and O–H groups in total. The zero-order valence-electron chi connectivity index (χ0n) is 15.5. The fourth-order valence-corrected chi connectivity index (χ4v) is 3.39. The smallest absolute Gasteiger partial charge is 0.257 e. The molecule has 0 saturated heterocycles. The van der Waals surface area contributed by atoms with Gasteiger partial charge in [0.05, 0.1) is 18.2 Å². The Morgan fingerprint density at radius 3 is 2.56 bits per heavy atom. The second-order valence-corrected chi connectivity index (χ2v) is 6.77. The molecule has 3 rings (SSSR count). The number of ether oxygens (including phenoxy) is 2. The fourth-order valence-electron chi connectivity index (χ4n) is 3.39. The van der Waals surface area contributed by atoms with Gasteiger partial charge in [0.15, 0.2) is 18.1 Å². The van der Waals surface area contributed by atoms with Crippen molar-refractivity contribution in [2.45, 2.75) is 31.6 Å². The molecule has 1 saturated carbocycles. The molecule has 1 aliphatic carbocycles. The van der Waals surface area contributed by atoms with Crippen LogP contribution in [0.5, 0.6) is 11.5 Å². The molecule has 0 spiro atoms. The molecule has 0 bridgehead atoms. The zero-order valence-corrected chi connectivity index (χ0v) is 15.5. The van der Waals surface area contributed by atoms with E-state index in [0.717, 1.165) is 12.8 Å². The molecule has 5 nitrogen and oxygen atoms in total. The van der Waals surface area contributed by atoms with Crippen molar-refractivity contribution < 1.29 is 14.3 Å². The van der Waals surface area contributed by atoms with Gasteiger partial charge in [0.2, 0.25) is 0 Å². The largest absolute Gasteiger partial charge is 0.490 e.